The van der Waals surface area contributed by atoms with Crippen LogP contribution in [0.3, 0.4) is 0 Å². The summed E-state index contributed by atoms with van der Waals surface area (Å²) in [5, 5.41) is 0. The number of ether oxygens (including phenoxy) is 1. The molecule has 0 heterocycles. The Balaban J connectivity index is 1.85. The zero-order chi connectivity index (χ0) is 28.5. The normalized spacial score (nSPS) is 11.5. The van der Waals surface area contributed by atoms with Crippen molar-refractivity contribution in [2.24, 2.45) is 0 Å². The molecule has 0 fully saturated rings. The van der Waals surface area contributed by atoms with E-state index < -0.39 is 10.1 Å². The van der Waals surface area contributed by atoms with Gasteiger partial charge in [-0.25, -0.2) is 0 Å². The molecule has 0 aromatic heterocycles. The van der Waals surface area contributed by atoms with Crippen LogP contribution < -0.4 is 9.64 Å². The minimum atomic E-state index is -3.55. The van der Waals surface area contributed by atoms with Gasteiger partial charge in [0.15, 0.2) is 0 Å². The largest absolute Gasteiger partial charge is 0.493 e. The predicted octanol–water partition coefficient (Wildman–Crippen LogP) is 8.10. The van der Waals surface area contributed by atoms with E-state index in [9.17, 15) is 13.2 Å². The second kappa shape index (κ2) is 18.1. The lowest BCUT2D eigenvalue weighted by Crippen LogP contribution is -2.28. The summed E-state index contributed by atoms with van der Waals surface area (Å²) >= 11 is 0. The van der Waals surface area contributed by atoms with E-state index >= 15 is 0 Å². The number of carbonyl (C=O) groups excluding carboxylic acids is 1. The van der Waals surface area contributed by atoms with Crippen LogP contribution in [0.15, 0.2) is 42.5 Å². The maximum Gasteiger partial charge on any atom is 0.264 e. The van der Waals surface area contributed by atoms with Crippen LogP contribution >= 0.6 is 0 Å². The standard InChI is InChI=1S/C32H49NO5S/c1-5-6-7-8-9-10-11-12-13-14-15-16-23-37-32-27(2)19-17-21-30(32)25-33(28(3)34)31-22-18-20-29(24-31)26-38-39(4,35)36/h17-22,24H,5-16,23,25-26H2,1-4H3. The Morgan fingerprint density at radius 2 is 1.44 bits per heavy atom. The van der Waals surface area contributed by atoms with Crippen LogP contribution in [-0.2, 0) is 32.2 Å². The summed E-state index contributed by atoms with van der Waals surface area (Å²) in [6.45, 7) is 6.77. The fourth-order valence-electron chi connectivity index (χ4n) is 4.71. The number of anilines is 1. The number of nitrogens with zero attached hydrogens (tertiary/aromatic N) is 1. The molecule has 0 aliphatic carbocycles. The third-order valence-corrected chi connectivity index (χ3v) is 7.45. The van der Waals surface area contributed by atoms with E-state index in [1.807, 2.05) is 31.2 Å². The molecule has 0 unspecified atom stereocenters. The third-order valence-electron chi connectivity index (χ3n) is 6.91. The van der Waals surface area contributed by atoms with Crippen LogP contribution in [0.2, 0.25) is 0 Å². The molecule has 0 saturated heterocycles. The number of benzene rings is 2. The van der Waals surface area contributed by atoms with Gasteiger partial charge in [0, 0.05) is 18.2 Å². The topological polar surface area (TPSA) is 72.9 Å². The van der Waals surface area contributed by atoms with Crippen molar-refractivity contribution < 1.29 is 22.1 Å². The summed E-state index contributed by atoms with van der Waals surface area (Å²) in [4.78, 5) is 14.3. The van der Waals surface area contributed by atoms with Crippen molar-refractivity contribution in [3.63, 3.8) is 0 Å². The number of amides is 1. The SMILES string of the molecule is CCCCCCCCCCCCCCOc1c(C)cccc1CN(C(C)=O)c1cccc(COS(C)(=O)=O)c1. The number of hydrogen-bond donors (Lipinski definition) is 0. The first kappa shape index (κ1) is 32.8. The van der Waals surface area contributed by atoms with Crippen LogP contribution in [0, 0.1) is 6.92 Å². The molecule has 0 N–H and O–H groups in total. The van der Waals surface area contributed by atoms with Crippen molar-refractivity contribution in [1.82, 2.24) is 0 Å². The summed E-state index contributed by atoms with van der Waals surface area (Å²) in [5.74, 6) is 0.730. The zero-order valence-corrected chi connectivity index (χ0v) is 25.4. The summed E-state index contributed by atoms with van der Waals surface area (Å²) in [7, 11) is -3.55. The van der Waals surface area contributed by atoms with Crippen molar-refractivity contribution in [2.75, 3.05) is 17.8 Å². The lowest BCUT2D eigenvalue weighted by atomic mass is 10.1. The summed E-state index contributed by atoms with van der Waals surface area (Å²) < 4.78 is 33.9. The lowest BCUT2D eigenvalue weighted by Gasteiger charge is -2.24. The first-order chi connectivity index (χ1) is 18.7. The van der Waals surface area contributed by atoms with Gasteiger partial charge in [-0.05, 0) is 36.6 Å². The molecule has 218 valence electrons. The Bertz CT molecular complexity index is 1100. The number of unbranched alkanes of at least 4 members (excludes halogenated alkanes) is 11. The molecular weight excluding hydrogens is 510 g/mol. The van der Waals surface area contributed by atoms with E-state index in [0.29, 0.717) is 24.4 Å². The van der Waals surface area contributed by atoms with Crippen molar-refractivity contribution in [3.8, 4) is 5.75 Å². The maximum atomic E-state index is 12.6. The summed E-state index contributed by atoms with van der Waals surface area (Å²) in [5.41, 5.74) is 3.36. The molecule has 0 spiro atoms. The second-order valence-electron chi connectivity index (χ2n) is 10.5. The van der Waals surface area contributed by atoms with Gasteiger partial charge >= 0.3 is 0 Å². The van der Waals surface area contributed by atoms with Crippen molar-refractivity contribution in [1.29, 1.82) is 0 Å². The lowest BCUT2D eigenvalue weighted by molar-refractivity contribution is -0.116. The van der Waals surface area contributed by atoms with Crippen LogP contribution in [0.5, 0.6) is 5.75 Å². The molecule has 0 aliphatic heterocycles. The van der Waals surface area contributed by atoms with E-state index in [0.717, 1.165) is 29.6 Å². The number of carbonyl (C=O) groups is 1. The van der Waals surface area contributed by atoms with Crippen molar-refractivity contribution >= 4 is 21.7 Å². The maximum absolute atomic E-state index is 12.6. The van der Waals surface area contributed by atoms with Gasteiger partial charge in [-0.15, -0.1) is 0 Å². The van der Waals surface area contributed by atoms with Crippen LogP contribution in [-0.4, -0.2) is 27.2 Å². The highest BCUT2D eigenvalue weighted by Crippen LogP contribution is 2.28. The molecule has 2 rings (SSSR count). The predicted molar refractivity (Wildman–Crippen MR) is 161 cm³/mol. The number of para-hydroxylation sites is 1. The molecular formula is C32H49NO5S. The highest BCUT2D eigenvalue weighted by molar-refractivity contribution is 7.85. The van der Waals surface area contributed by atoms with Gasteiger partial charge in [0.1, 0.15) is 5.75 Å². The molecule has 0 atom stereocenters. The summed E-state index contributed by atoms with van der Waals surface area (Å²) in [6.07, 6.45) is 16.7. The molecule has 1 amide bonds. The molecule has 2 aromatic rings. The van der Waals surface area contributed by atoms with E-state index in [1.54, 1.807) is 23.1 Å². The van der Waals surface area contributed by atoms with Gasteiger partial charge in [0.2, 0.25) is 5.91 Å². The Kier molecular flexibility index (Phi) is 15.2. The average Bonchev–Trinajstić information content (AvgIpc) is 2.89. The van der Waals surface area contributed by atoms with Crippen LogP contribution in [0.4, 0.5) is 5.69 Å². The minimum absolute atomic E-state index is 0.0731. The number of rotatable bonds is 20. The Morgan fingerprint density at radius 1 is 0.846 bits per heavy atom. The molecule has 7 heteroatoms. The van der Waals surface area contributed by atoms with Crippen molar-refractivity contribution in [2.45, 2.75) is 111 Å². The van der Waals surface area contributed by atoms with Gasteiger partial charge in [0.05, 0.1) is 26.0 Å². The van der Waals surface area contributed by atoms with Crippen LogP contribution in [0.1, 0.15) is 108 Å². The first-order valence-corrected chi connectivity index (χ1v) is 16.5. The Labute approximate surface area is 237 Å². The van der Waals surface area contributed by atoms with E-state index in [1.165, 1.54) is 77.6 Å². The molecule has 0 aliphatic rings. The van der Waals surface area contributed by atoms with Crippen LogP contribution in [0.25, 0.3) is 0 Å². The molecule has 0 bridgehead atoms. The van der Waals surface area contributed by atoms with E-state index in [4.69, 9.17) is 8.92 Å². The monoisotopic (exact) mass is 559 g/mol. The average molecular weight is 560 g/mol. The number of aryl methyl sites for hydroxylation is 1. The van der Waals surface area contributed by atoms with E-state index in [-0.39, 0.29) is 12.5 Å². The fourth-order valence-corrected chi connectivity index (χ4v) is 5.06. The fraction of sp³-hybridized carbons (Fsp3) is 0.594. The van der Waals surface area contributed by atoms with Gasteiger partial charge < -0.3 is 9.64 Å². The van der Waals surface area contributed by atoms with Gasteiger partial charge in [-0.1, -0.05) is 108 Å². The second-order valence-corrected chi connectivity index (χ2v) is 12.2. The Hall–Kier alpha value is -2.38. The molecule has 2 aromatic carbocycles. The molecule has 39 heavy (non-hydrogen) atoms. The van der Waals surface area contributed by atoms with E-state index in [2.05, 4.69) is 6.92 Å². The Morgan fingerprint density at radius 3 is 2.03 bits per heavy atom. The van der Waals surface area contributed by atoms with Gasteiger partial charge in [-0.3, -0.25) is 8.98 Å². The molecule has 0 saturated carbocycles. The quantitative estimate of drug-likeness (QED) is 0.121. The third kappa shape index (κ3) is 13.5. The summed E-state index contributed by atoms with van der Waals surface area (Å²) in [6, 6.07) is 13.2. The minimum Gasteiger partial charge on any atom is -0.493 e. The van der Waals surface area contributed by atoms with Gasteiger partial charge in [0.25, 0.3) is 10.1 Å². The molecule has 0 radical (unpaired) electrons. The first-order valence-electron chi connectivity index (χ1n) is 14.6. The highest BCUT2D eigenvalue weighted by atomic mass is 32.2. The molecule has 6 nitrogen and oxygen atoms in total. The van der Waals surface area contributed by atoms with Gasteiger partial charge in [-0.2, -0.15) is 8.42 Å². The smallest absolute Gasteiger partial charge is 0.264 e. The highest BCUT2D eigenvalue weighted by Gasteiger charge is 2.17. The van der Waals surface area contributed by atoms with Crippen molar-refractivity contribution in [3.05, 3.63) is 59.2 Å². The zero-order valence-electron chi connectivity index (χ0n) is 24.5. The number of hydrogen-bond acceptors (Lipinski definition) is 5.